The first-order valence-electron chi connectivity index (χ1n) is 11.8. The standard InChI is InChI=1S/C29H26ClN3O2/c30-25-18-21(14-16-28(25)34)29(35)32-31-19-22-13-15-27(24-11-5-4-10-23(22)24)33-17-7-6-12-26(33)20-8-2-1-3-9-20/h1-5,8-11,13-16,18-19,26,34H,6-7,12,17H2,(H,32,35)/b31-19+. The van der Waals surface area contributed by atoms with E-state index >= 15 is 0 Å². The van der Waals surface area contributed by atoms with Crippen LogP contribution in [0.4, 0.5) is 5.69 Å². The number of carbonyl (C=O) groups is 1. The fraction of sp³-hybridized carbons (Fsp3) is 0.172. The van der Waals surface area contributed by atoms with E-state index in [1.54, 1.807) is 6.21 Å². The zero-order valence-corrected chi connectivity index (χ0v) is 19.9. The molecule has 6 heteroatoms. The summed E-state index contributed by atoms with van der Waals surface area (Å²) in [6.07, 6.45) is 5.20. The van der Waals surface area contributed by atoms with E-state index in [1.807, 2.05) is 6.07 Å². The number of phenolic OH excluding ortho intramolecular Hbond substituents is 1. The molecule has 5 nitrogen and oxygen atoms in total. The van der Waals surface area contributed by atoms with Gasteiger partial charge in [0.2, 0.25) is 0 Å². The predicted molar refractivity (Wildman–Crippen MR) is 143 cm³/mol. The number of hydrogen-bond donors (Lipinski definition) is 2. The van der Waals surface area contributed by atoms with Gasteiger partial charge in [-0.25, -0.2) is 5.43 Å². The van der Waals surface area contributed by atoms with Crippen LogP contribution in [0.3, 0.4) is 0 Å². The van der Waals surface area contributed by atoms with E-state index in [-0.39, 0.29) is 10.8 Å². The van der Waals surface area contributed by atoms with E-state index in [2.05, 4.69) is 76.1 Å². The number of piperidine rings is 1. The number of anilines is 1. The number of rotatable bonds is 5. The van der Waals surface area contributed by atoms with E-state index in [0.29, 0.717) is 11.6 Å². The van der Waals surface area contributed by atoms with Crippen LogP contribution in [0.5, 0.6) is 5.75 Å². The summed E-state index contributed by atoms with van der Waals surface area (Å²) in [5, 5.41) is 16.1. The molecule has 0 aromatic heterocycles. The second kappa shape index (κ2) is 10.2. The zero-order valence-electron chi connectivity index (χ0n) is 19.2. The van der Waals surface area contributed by atoms with E-state index in [4.69, 9.17) is 11.6 Å². The Morgan fingerprint density at radius 3 is 2.54 bits per heavy atom. The minimum absolute atomic E-state index is 0.0681. The van der Waals surface area contributed by atoms with Crippen molar-refractivity contribution in [3.05, 3.63) is 107 Å². The molecule has 2 N–H and O–H groups in total. The normalized spacial score (nSPS) is 16.0. The number of phenols is 1. The second-order valence-corrected chi connectivity index (χ2v) is 9.11. The van der Waals surface area contributed by atoms with Gasteiger partial charge in [-0.1, -0.05) is 72.3 Å². The van der Waals surface area contributed by atoms with Crippen LogP contribution in [0.25, 0.3) is 10.8 Å². The molecule has 1 unspecified atom stereocenters. The topological polar surface area (TPSA) is 64.9 Å². The molecule has 0 radical (unpaired) electrons. The first-order valence-corrected chi connectivity index (χ1v) is 12.1. The summed E-state index contributed by atoms with van der Waals surface area (Å²) in [4.78, 5) is 14.9. The molecule has 0 bridgehead atoms. The highest BCUT2D eigenvalue weighted by Crippen LogP contribution is 2.39. The molecule has 1 aliphatic rings. The molecule has 0 saturated carbocycles. The predicted octanol–water partition coefficient (Wildman–Crippen LogP) is 6.69. The van der Waals surface area contributed by atoms with Gasteiger partial charge in [-0.2, -0.15) is 5.10 Å². The van der Waals surface area contributed by atoms with Crippen molar-refractivity contribution in [1.82, 2.24) is 5.43 Å². The Kier molecular flexibility index (Phi) is 6.68. The van der Waals surface area contributed by atoms with Crippen LogP contribution in [-0.2, 0) is 0 Å². The van der Waals surface area contributed by atoms with Gasteiger partial charge in [-0.05, 0) is 54.5 Å². The van der Waals surface area contributed by atoms with Crippen LogP contribution >= 0.6 is 11.6 Å². The van der Waals surface area contributed by atoms with Crippen LogP contribution in [0.15, 0.2) is 90.0 Å². The number of nitrogens with one attached hydrogen (secondary N) is 1. The van der Waals surface area contributed by atoms with Gasteiger partial charge in [-0.3, -0.25) is 4.79 Å². The maximum absolute atomic E-state index is 12.4. The van der Waals surface area contributed by atoms with Gasteiger partial charge in [0, 0.05) is 28.7 Å². The highest BCUT2D eigenvalue weighted by Gasteiger charge is 2.25. The van der Waals surface area contributed by atoms with Crippen molar-refractivity contribution in [2.24, 2.45) is 5.10 Å². The van der Waals surface area contributed by atoms with Gasteiger partial charge in [0.1, 0.15) is 5.75 Å². The molecular weight excluding hydrogens is 458 g/mol. The summed E-state index contributed by atoms with van der Waals surface area (Å²) < 4.78 is 0. The number of halogens is 1. The summed E-state index contributed by atoms with van der Waals surface area (Å²) in [6.45, 7) is 1.02. The molecular formula is C29H26ClN3O2. The van der Waals surface area contributed by atoms with Gasteiger partial charge in [0.05, 0.1) is 17.3 Å². The van der Waals surface area contributed by atoms with Crippen molar-refractivity contribution in [3.63, 3.8) is 0 Å². The minimum atomic E-state index is -0.400. The van der Waals surface area contributed by atoms with Gasteiger partial charge in [-0.15, -0.1) is 0 Å². The fourth-order valence-corrected chi connectivity index (χ4v) is 4.96. The van der Waals surface area contributed by atoms with Crippen molar-refractivity contribution in [3.8, 4) is 5.75 Å². The van der Waals surface area contributed by atoms with Crippen molar-refractivity contribution in [2.45, 2.75) is 25.3 Å². The van der Waals surface area contributed by atoms with Crippen LogP contribution in [0.1, 0.15) is 46.8 Å². The Morgan fingerprint density at radius 1 is 0.971 bits per heavy atom. The lowest BCUT2D eigenvalue weighted by atomic mass is 9.93. The molecule has 4 aromatic rings. The first kappa shape index (κ1) is 22.9. The number of fused-ring (bicyclic) bond motifs is 1. The smallest absolute Gasteiger partial charge is 0.271 e. The van der Waals surface area contributed by atoms with Crippen molar-refractivity contribution in [2.75, 3.05) is 11.4 Å². The van der Waals surface area contributed by atoms with E-state index in [9.17, 15) is 9.90 Å². The van der Waals surface area contributed by atoms with Crippen molar-refractivity contribution >= 4 is 40.2 Å². The SMILES string of the molecule is O=C(N/N=C/c1ccc(N2CCCCC2c2ccccc2)c2ccccc12)c1ccc(O)c(Cl)c1. The maximum Gasteiger partial charge on any atom is 0.271 e. The van der Waals surface area contributed by atoms with Crippen molar-refractivity contribution in [1.29, 1.82) is 0 Å². The molecule has 1 saturated heterocycles. The van der Waals surface area contributed by atoms with Crippen LogP contribution < -0.4 is 10.3 Å². The monoisotopic (exact) mass is 483 g/mol. The Labute approximate surface area is 209 Å². The van der Waals surface area contributed by atoms with Gasteiger partial charge < -0.3 is 10.0 Å². The lowest BCUT2D eigenvalue weighted by Crippen LogP contribution is -2.33. The highest BCUT2D eigenvalue weighted by atomic mass is 35.5. The molecule has 176 valence electrons. The largest absolute Gasteiger partial charge is 0.506 e. The Hall–Kier alpha value is -3.83. The maximum atomic E-state index is 12.4. The molecule has 5 rings (SSSR count). The van der Waals surface area contributed by atoms with Gasteiger partial charge in [0.15, 0.2) is 0 Å². The summed E-state index contributed by atoms with van der Waals surface area (Å²) in [5.41, 5.74) is 6.35. The van der Waals surface area contributed by atoms with Crippen LogP contribution in [0, 0.1) is 0 Å². The van der Waals surface area contributed by atoms with E-state index in [0.717, 1.165) is 29.3 Å². The average Bonchev–Trinajstić information content (AvgIpc) is 2.91. The fourth-order valence-electron chi connectivity index (χ4n) is 4.78. The molecule has 35 heavy (non-hydrogen) atoms. The van der Waals surface area contributed by atoms with E-state index in [1.165, 1.54) is 42.3 Å². The zero-order chi connectivity index (χ0) is 24.2. The van der Waals surface area contributed by atoms with Crippen LogP contribution in [-0.4, -0.2) is 23.8 Å². The van der Waals surface area contributed by atoms with Gasteiger partial charge >= 0.3 is 0 Å². The number of nitrogens with zero attached hydrogens (tertiary/aromatic N) is 2. The third kappa shape index (κ3) is 4.86. The second-order valence-electron chi connectivity index (χ2n) is 8.70. The molecule has 0 aliphatic carbocycles. The van der Waals surface area contributed by atoms with Crippen molar-refractivity contribution < 1.29 is 9.90 Å². The van der Waals surface area contributed by atoms with Gasteiger partial charge in [0.25, 0.3) is 5.91 Å². The lowest BCUT2D eigenvalue weighted by molar-refractivity contribution is 0.0955. The third-order valence-electron chi connectivity index (χ3n) is 6.51. The quantitative estimate of drug-likeness (QED) is 0.245. The molecule has 4 aromatic carbocycles. The average molecular weight is 484 g/mol. The minimum Gasteiger partial charge on any atom is -0.506 e. The number of hydrazone groups is 1. The number of benzene rings is 4. The molecule has 1 atom stereocenters. The van der Waals surface area contributed by atoms with E-state index < -0.39 is 5.91 Å². The summed E-state index contributed by atoms with van der Waals surface area (Å²) in [7, 11) is 0. The lowest BCUT2D eigenvalue weighted by Gasteiger charge is -2.38. The third-order valence-corrected chi connectivity index (χ3v) is 6.81. The number of aromatic hydroxyl groups is 1. The first-order chi connectivity index (χ1) is 17.1. The Morgan fingerprint density at radius 2 is 1.74 bits per heavy atom. The Balaban J connectivity index is 1.43. The number of amides is 1. The summed E-state index contributed by atoms with van der Waals surface area (Å²) in [6, 6.07) is 27.9. The Bertz CT molecular complexity index is 1390. The molecule has 1 fully saturated rings. The number of hydrogen-bond acceptors (Lipinski definition) is 4. The molecule has 1 amide bonds. The molecule has 1 heterocycles. The summed E-state index contributed by atoms with van der Waals surface area (Å²) in [5.74, 6) is -0.468. The van der Waals surface area contributed by atoms with Crippen LogP contribution in [0.2, 0.25) is 5.02 Å². The number of carbonyl (C=O) groups excluding carboxylic acids is 1. The molecule has 0 spiro atoms. The highest BCUT2D eigenvalue weighted by molar-refractivity contribution is 6.32. The molecule has 1 aliphatic heterocycles. The summed E-state index contributed by atoms with van der Waals surface area (Å²) >= 11 is 5.91.